The molecule has 0 saturated heterocycles. The Morgan fingerprint density at radius 2 is 1.88 bits per heavy atom. The smallest absolute Gasteiger partial charge is 0.157 e. The van der Waals surface area contributed by atoms with Crippen molar-refractivity contribution in [3.8, 4) is 17.6 Å². The summed E-state index contributed by atoms with van der Waals surface area (Å²) in [6.45, 7) is 5.48. The van der Waals surface area contributed by atoms with Crippen LogP contribution in [-0.4, -0.2) is 28.2 Å². The molecule has 0 bridgehead atoms. The van der Waals surface area contributed by atoms with E-state index >= 15 is 0 Å². The molecule has 4 heteroatoms. The monoisotopic (exact) mass is 220 g/mol. The highest BCUT2D eigenvalue weighted by Crippen LogP contribution is 2.29. The summed E-state index contributed by atoms with van der Waals surface area (Å²) in [6, 6.07) is 6.30. The van der Waals surface area contributed by atoms with Crippen LogP contribution in [0.15, 0.2) is 18.2 Å². The highest BCUT2D eigenvalue weighted by atomic mass is 16.3. The van der Waals surface area contributed by atoms with Crippen molar-refractivity contribution in [1.29, 1.82) is 5.26 Å². The lowest BCUT2D eigenvalue weighted by Gasteiger charge is -2.24. The van der Waals surface area contributed by atoms with E-state index in [-0.39, 0.29) is 17.5 Å². The number of benzene rings is 1. The predicted octanol–water partition coefficient (Wildman–Crippen LogP) is 2.00. The van der Waals surface area contributed by atoms with E-state index in [4.69, 9.17) is 5.26 Å². The van der Waals surface area contributed by atoms with Crippen molar-refractivity contribution < 1.29 is 10.2 Å². The third kappa shape index (κ3) is 2.44. The molecular weight excluding hydrogens is 204 g/mol. The Labute approximate surface area is 95.4 Å². The summed E-state index contributed by atoms with van der Waals surface area (Å²) in [7, 11) is 0. The summed E-state index contributed by atoms with van der Waals surface area (Å²) < 4.78 is 0. The molecule has 0 aliphatic rings. The summed E-state index contributed by atoms with van der Waals surface area (Å²) in [5.41, 5.74) is 0.696. The Morgan fingerprint density at radius 1 is 1.25 bits per heavy atom. The largest absolute Gasteiger partial charge is 0.504 e. The quantitative estimate of drug-likeness (QED) is 0.761. The lowest BCUT2D eigenvalue weighted by molar-refractivity contribution is 0.262. The predicted molar refractivity (Wildman–Crippen MR) is 61.0 cm³/mol. The first-order valence-electron chi connectivity index (χ1n) is 5.29. The average Bonchev–Trinajstić information content (AvgIpc) is 2.29. The van der Waals surface area contributed by atoms with Crippen LogP contribution in [0.5, 0.6) is 11.5 Å². The number of nitrogens with zero attached hydrogens (tertiary/aromatic N) is 2. The van der Waals surface area contributed by atoms with Gasteiger partial charge in [0.25, 0.3) is 0 Å². The van der Waals surface area contributed by atoms with Crippen molar-refractivity contribution in [2.24, 2.45) is 0 Å². The average molecular weight is 220 g/mol. The Morgan fingerprint density at radius 3 is 2.31 bits per heavy atom. The second kappa shape index (κ2) is 5.38. The van der Waals surface area contributed by atoms with Gasteiger partial charge in [-0.3, -0.25) is 4.90 Å². The van der Waals surface area contributed by atoms with Gasteiger partial charge in [-0.2, -0.15) is 5.26 Å². The topological polar surface area (TPSA) is 67.5 Å². The summed E-state index contributed by atoms with van der Waals surface area (Å²) in [5.74, 6) is -0.357. The maximum absolute atomic E-state index is 9.39. The maximum atomic E-state index is 9.39. The SMILES string of the molecule is CCN(CC)C(C#N)c1ccc(O)c(O)c1. The van der Waals surface area contributed by atoms with Crippen molar-refractivity contribution in [1.82, 2.24) is 4.90 Å². The molecule has 4 nitrogen and oxygen atoms in total. The van der Waals surface area contributed by atoms with Crippen LogP contribution in [0.3, 0.4) is 0 Å². The van der Waals surface area contributed by atoms with Gasteiger partial charge in [-0.05, 0) is 30.8 Å². The van der Waals surface area contributed by atoms with E-state index in [2.05, 4.69) is 6.07 Å². The summed E-state index contributed by atoms with van der Waals surface area (Å²) >= 11 is 0. The van der Waals surface area contributed by atoms with Gasteiger partial charge in [0, 0.05) is 0 Å². The van der Waals surface area contributed by atoms with Gasteiger partial charge in [-0.25, -0.2) is 0 Å². The fraction of sp³-hybridized carbons (Fsp3) is 0.417. The lowest BCUT2D eigenvalue weighted by Crippen LogP contribution is -2.27. The molecule has 0 amide bonds. The fourth-order valence-electron chi connectivity index (χ4n) is 1.67. The molecule has 0 radical (unpaired) electrons. The Balaban J connectivity index is 3.05. The van der Waals surface area contributed by atoms with E-state index in [1.807, 2.05) is 18.7 Å². The molecule has 0 heterocycles. The molecule has 2 N–H and O–H groups in total. The van der Waals surface area contributed by atoms with Crippen LogP contribution in [0.25, 0.3) is 0 Å². The lowest BCUT2D eigenvalue weighted by atomic mass is 10.1. The molecular formula is C12H16N2O2. The normalized spacial score (nSPS) is 12.4. The zero-order valence-electron chi connectivity index (χ0n) is 9.51. The second-order valence-corrected chi connectivity index (χ2v) is 3.50. The molecule has 0 aliphatic heterocycles. The van der Waals surface area contributed by atoms with Crippen LogP contribution in [0.1, 0.15) is 25.5 Å². The number of aromatic hydroxyl groups is 2. The van der Waals surface area contributed by atoms with Gasteiger partial charge in [0.1, 0.15) is 6.04 Å². The molecule has 0 aliphatic carbocycles. The van der Waals surface area contributed by atoms with Crippen molar-refractivity contribution >= 4 is 0 Å². The van der Waals surface area contributed by atoms with E-state index in [1.165, 1.54) is 12.1 Å². The standard InChI is InChI=1S/C12H16N2O2/c1-3-14(4-2)10(8-13)9-5-6-11(15)12(16)7-9/h5-7,10,15-16H,3-4H2,1-2H3. The molecule has 16 heavy (non-hydrogen) atoms. The Bertz CT molecular complexity index is 394. The van der Waals surface area contributed by atoms with Crippen LogP contribution in [0, 0.1) is 11.3 Å². The Hall–Kier alpha value is -1.73. The summed E-state index contributed by atoms with van der Waals surface area (Å²) in [4.78, 5) is 1.98. The molecule has 1 unspecified atom stereocenters. The number of nitriles is 1. The second-order valence-electron chi connectivity index (χ2n) is 3.50. The highest BCUT2D eigenvalue weighted by Gasteiger charge is 2.18. The molecule has 0 saturated carbocycles. The first-order valence-corrected chi connectivity index (χ1v) is 5.29. The molecule has 1 atom stereocenters. The third-order valence-corrected chi connectivity index (χ3v) is 2.62. The van der Waals surface area contributed by atoms with Gasteiger partial charge >= 0.3 is 0 Å². The van der Waals surface area contributed by atoms with Crippen LogP contribution in [-0.2, 0) is 0 Å². The number of phenolic OH excluding ortho intramolecular Hbond substituents is 2. The van der Waals surface area contributed by atoms with Crippen LogP contribution < -0.4 is 0 Å². The van der Waals surface area contributed by atoms with Crippen molar-refractivity contribution in [3.63, 3.8) is 0 Å². The molecule has 0 fully saturated rings. The number of rotatable bonds is 4. The number of phenols is 2. The number of hydrogen-bond donors (Lipinski definition) is 2. The van der Waals surface area contributed by atoms with E-state index in [1.54, 1.807) is 6.07 Å². The molecule has 1 rings (SSSR count). The fourth-order valence-corrected chi connectivity index (χ4v) is 1.67. The first kappa shape index (κ1) is 12.3. The zero-order chi connectivity index (χ0) is 12.1. The van der Waals surface area contributed by atoms with Crippen molar-refractivity contribution in [2.75, 3.05) is 13.1 Å². The maximum Gasteiger partial charge on any atom is 0.157 e. The van der Waals surface area contributed by atoms with E-state index in [9.17, 15) is 10.2 Å². The van der Waals surface area contributed by atoms with Gasteiger partial charge in [-0.15, -0.1) is 0 Å². The minimum Gasteiger partial charge on any atom is -0.504 e. The molecule has 86 valence electrons. The van der Waals surface area contributed by atoms with E-state index < -0.39 is 0 Å². The van der Waals surface area contributed by atoms with Gasteiger partial charge in [0.15, 0.2) is 11.5 Å². The summed E-state index contributed by atoms with van der Waals surface area (Å²) in [6.07, 6.45) is 0. The minimum atomic E-state index is -0.388. The Kier molecular flexibility index (Phi) is 4.15. The highest BCUT2D eigenvalue weighted by molar-refractivity contribution is 5.42. The number of hydrogen-bond acceptors (Lipinski definition) is 4. The molecule has 1 aromatic carbocycles. The van der Waals surface area contributed by atoms with E-state index in [0.717, 1.165) is 13.1 Å². The zero-order valence-corrected chi connectivity index (χ0v) is 9.51. The van der Waals surface area contributed by atoms with Crippen molar-refractivity contribution in [3.05, 3.63) is 23.8 Å². The van der Waals surface area contributed by atoms with Crippen molar-refractivity contribution in [2.45, 2.75) is 19.9 Å². The minimum absolute atomic E-state index is 0.167. The van der Waals surface area contributed by atoms with Crippen LogP contribution >= 0.6 is 0 Å². The van der Waals surface area contributed by atoms with Gasteiger partial charge < -0.3 is 10.2 Å². The van der Waals surface area contributed by atoms with E-state index in [0.29, 0.717) is 5.56 Å². The molecule has 0 aromatic heterocycles. The summed E-state index contributed by atoms with van der Waals surface area (Å²) in [5, 5.41) is 27.7. The van der Waals surface area contributed by atoms with Gasteiger partial charge in [0.2, 0.25) is 0 Å². The molecule has 0 spiro atoms. The van der Waals surface area contributed by atoms with Crippen LogP contribution in [0.2, 0.25) is 0 Å². The molecule has 1 aromatic rings. The first-order chi connectivity index (χ1) is 7.63. The third-order valence-electron chi connectivity index (χ3n) is 2.62. The van der Waals surface area contributed by atoms with Gasteiger partial charge in [-0.1, -0.05) is 19.9 Å². The van der Waals surface area contributed by atoms with Gasteiger partial charge in [0.05, 0.1) is 6.07 Å². The van der Waals surface area contributed by atoms with Crippen LogP contribution in [0.4, 0.5) is 0 Å².